The van der Waals surface area contributed by atoms with Gasteiger partial charge in [0, 0.05) is 32.2 Å². The molecule has 1 heterocycles. The van der Waals surface area contributed by atoms with Crippen LogP contribution in [-0.2, 0) is 21.0 Å². The molecule has 2 aromatic rings. The summed E-state index contributed by atoms with van der Waals surface area (Å²) in [6.45, 7) is 7.36. The normalized spacial score (nSPS) is 18.4. The lowest BCUT2D eigenvalue weighted by Gasteiger charge is -2.40. The van der Waals surface area contributed by atoms with Gasteiger partial charge in [-0.15, -0.1) is 0 Å². The van der Waals surface area contributed by atoms with Crippen LogP contribution in [0.4, 0.5) is 13.2 Å². The SMILES string of the molecule is C=CC(=O)N1CCN(CC(Oc2ccc(S(N)(=O)=O)cc2)c2ccc(C(F)(F)F)cc2)C[C@H]1C. The van der Waals surface area contributed by atoms with Gasteiger partial charge in [0.1, 0.15) is 11.9 Å². The van der Waals surface area contributed by atoms with Gasteiger partial charge in [0.25, 0.3) is 0 Å². The quantitative estimate of drug-likeness (QED) is 0.593. The van der Waals surface area contributed by atoms with E-state index in [2.05, 4.69) is 11.5 Å². The third-order valence-corrected chi connectivity index (χ3v) is 6.56. The first-order chi connectivity index (χ1) is 15.9. The van der Waals surface area contributed by atoms with Gasteiger partial charge >= 0.3 is 6.18 Å². The molecule has 1 unspecified atom stereocenters. The zero-order valence-corrected chi connectivity index (χ0v) is 19.3. The Bertz CT molecular complexity index is 1120. The zero-order valence-electron chi connectivity index (χ0n) is 18.5. The molecule has 3 rings (SSSR count). The van der Waals surface area contributed by atoms with Crippen LogP contribution in [0.3, 0.4) is 0 Å². The number of carbonyl (C=O) groups is 1. The first kappa shape index (κ1) is 25.7. The van der Waals surface area contributed by atoms with Gasteiger partial charge in [-0.1, -0.05) is 18.7 Å². The maximum Gasteiger partial charge on any atom is 0.416 e. The van der Waals surface area contributed by atoms with Crippen molar-refractivity contribution in [3.8, 4) is 5.75 Å². The molecule has 0 aliphatic carbocycles. The molecule has 11 heteroatoms. The highest BCUT2D eigenvalue weighted by molar-refractivity contribution is 7.89. The number of amides is 1. The molecule has 184 valence electrons. The van der Waals surface area contributed by atoms with Crippen molar-refractivity contribution in [1.29, 1.82) is 0 Å². The van der Waals surface area contributed by atoms with E-state index in [4.69, 9.17) is 9.88 Å². The van der Waals surface area contributed by atoms with Crippen molar-refractivity contribution < 1.29 is 31.1 Å². The van der Waals surface area contributed by atoms with Crippen LogP contribution in [0.1, 0.15) is 24.2 Å². The van der Waals surface area contributed by atoms with E-state index < -0.39 is 27.9 Å². The lowest BCUT2D eigenvalue weighted by molar-refractivity contribution is -0.137. The van der Waals surface area contributed by atoms with Crippen LogP contribution in [0.2, 0.25) is 0 Å². The second-order valence-corrected chi connectivity index (χ2v) is 9.65. The molecular formula is C23H26F3N3O4S. The van der Waals surface area contributed by atoms with Crippen molar-refractivity contribution in [2.75, 3.05) is 26.2 Å². The third kappa shape index (κ3) is 6.37. The van der Waals surface area contributed by atoms with Crippen LogP contribution in [0, 0.1) is 0 Å². The number of nitrogens with two attached hydrogens (primary N) is 1. The van der Waals surface area contributed by atoms with E-state index in [9.17, 15) is 26.4 Å². The lowest BCUT2D eigenvalue weighted by atomic mass is 10.0. The molecule has 2 atom stereocenters. The largest absolute Gasteiger partial charge is 0.484 e. The fraction of sp³-hybridized carbons (Fsp3) is 0.348. The first-order valence-electron chi connectivity index (χ1n) is 10.5. The third-order valence-electron chi connectivity index (χ3n) is 5.63. The topological polar surface area (TPSA) is 92.9 Å². The Hall–Kier alpha value is -2.89. The maximum absolute atomic E-state index is 13.0. The van der Waals surface area contributed by atoms with Crippen molar-refractivity contribution >= 4 is 15.9 Å². The van der Waals surface area contributed by atoms with Gasteiger partial charge < -0.3 is 9.64 Å². The Morgan fingerprint density at radius 3 is 2.29 bits per heavy atom. The summed E-state index contributed by atoms with van der Waals surface area (Å²) in [6, 6.07) is 10.1. The van der Waals surface area contributed by atoms with Crippen LogP contribution < -0.4 is 9.88 Å². The molecule has 34 heavy (non-hydrogen) atoms. The number of ether oxygens (including phenoxy) is 1. The number of primary sulfonamides is 1. The number of benzene rings is 2. The highest BCUT2D eigenvalue weighted by atomic mass is 32.2. The summed E-state index contributed by atoms with van der Waals surface area (Å²) in [5, 5.41) is 5.13. The fourth-order valence-electron chi connectivity index (χ4n) is 3.85. The molecule has 1 aliphatic heterocycles. The van der Waals surface area contributed by atoms with Crippen LogP contribution in [-0.4, -0.2) is 56.3 Å². The number of carbonyl (C=O) groups excluding carboxylic acids is 1. The summed E-state index contributed by atoms with van der Waals surface area (Å²) >= 11 is 0. The van der Waals surface area contributed by atoms with Gasteiger partial charge in [-0.2, -0.15) is 13.2 Å². The monoisotopic (exact) mass is 497 g/mol. The molecule has 1 saturated heterocycles. The van der Waals surface area contributed by atoms with Crippen molar-refractivity contribution in [3.05, 3.63) is 72.3 Å². The standard InChI is InChI=1S/C23H26F3N3O4S/c1-3-22(30)29-13-12-28(14-16(29)2)15-21(17-4-6-18(7-5-17)23(24,25)26)33-19-8-10-20(11-9-19)34(27,31)32/h3-11,16,21H,1,12-15H2,2H3,(H2,27,31,32)/t16-,21?/m1/s1. The van der Waals surface area contributed by atoms with Crippen LogP contribution in [0.5, 0.6) is 5.75 Å². The number of hydrogen-bond donors (Lipinski definition) is 1. The number of alkyl halides is 3. The van der Waals surface area contributed by atoms with Crippen molar-refractivity contribution in [3.63, 3.8) is 0 Å². The number of piperazine rings is 1. The molecule has 0 saturated carbocycles. The summed E-state index contributed by atoms with van der Waals surface area (Å²) in [5.74, 6) is 0.184. The number of halogens is 3. The highest BCUT2D eigenvalue weighted by Gasteiger charge is 2.31. The minimum atomic E-state index is -4.46. The van der Waals surface area contributed by atoms with E-state index in [0.29, 0.717) is 37.5 Å². The van der Waals surface area contributed by atoms with Gasteiger partial charge in [0.05, 0.1) is 10.5 Å². The van der Waals surface area contributed by atoms with E-state index >= 15 is 0 Å². The Morgan fingerprint density at radius 1 is 1.18 bits per heavy atom. The van der Waals surface area contributed by atoms with Crippen LogP contribution >= 0.6 is 0 Å². The summed E-state index contributed by atoms with van der Waals surface area (Å²) in [5.41, 5.74) is -0.238. The second-order valence-electron chi connectivity index (χ2n) is 8.09. The van der Waals surface area contributed by atoms with Crippen molar-refractivity contribution in [2.45, 2.75) is 30.1 Å². The Labute approximate surface area is 196 Å². The molecule has 2 aromatic carbocycles. The van der Waals surface area contributed by atoms with E-state index in [1.54, 1.807) is 4.90 Å². The van der Waals surface area contributed by atoms with Crippen LogP contribution in [0.15, 0.2) is 66.1 Å². The summed E-state index contributed by atoms with van der Waals surface area (Å²) in [4.78, 5) is 15.7. The number of nitrogens with zero attached hydrogens (tertiary/aromatic N) is 2. The maximum atomic E-state index is 13.0. The summed E-state index contributed by atoms with van der Waals surface area (Å²) < 4.78 is 68.1. The number of rotatable bonds is 7. The van der Waals surface area contributed by atoms with Crippen LogP contribution in [0.25, 0.3) is 0 Å². The molecule has 7 nitrogen and oxygen atoms in total. The minimum Gasteiger partial charge on any atom is -0.484 e. The number of sulfonamides is 1. The van der Waals surface area contributed by atoms with E-state index in [1.165, 1.54) is 42.5 Å². The van der Waals surface area contributed by atoms with Crippen molar-refractivity contribution in [1.82, 2.24) is 9.80 Å². The molecule has 2 N–H and O–H groups in total. The Morgan fingerprint density at radius 2 is 1.79 bits per heavy atom. The van der Waals surface area contributed by atoms with E-state index in [0.717, 1.165) is 12.1 Å². The fourth-order valence-corrected chi connectivity index (χ4v) is 4.36. The molecule has 1 fully saturated rings. The predicted molar refractivity (Wildman–Crippen MR) is 120 cm³/mol. The molecule has 1 amide bonds. The minimum absolute atomic E-state index is 0.0808. The number of hydrogen-bond acceptors (Lipinski definition) is 5. The molecule has 0 aromatic heterocycles. The molecule has 1 aliphatic rings. The van der Waals surface area contributed by atoms with Gasteiger partial charge in [-0.05, 0) is 55.0 Å². The average molecular weight is 498 g/mol. The van der Waals surface area contributed by atoms with Gasteiger partial charge in [-0.3, -0.25) is 9.69 Å². The lowest BCUT2D eigenvalue weighted by Crippen LogP contribution is -2.54. The summed E-state index contributed by atoms with van der Waals surface area (Å²) in [6.07, 6.45) is -3.83. The van der Waals surface area contributed by atoms with Gasteiger partial charge in [-0.25, -0.2) is 13.6 Å². The Balaban J connectivity index is 1.82. The molecule has 0 bridgehead atoms. The average Bonchev–Trinajstić information content (AvgIpc) is 2.77. The van der Waals surface area contributed by atoms with Gasteiger partial charge in [0.2, 0.25) is 15.9 Å². The van der Waals surface area contributed by atoms with Crippen molar-refractivity contribution in [2.24, 2.45) is 5.14 Å². The smallest absolute Gasteiger partial charge is 0.416 e. The van der Waals surface area contributed by atoms with E-state index in [-0.39, 0.29) is 16.8 Å². The molecular weight excluding hydrogens is 471 g/mol. The summed E-state index contributed by atoms with van der Waals surface area (Å²) in [7, 11) is -3.87. The zero-order chi connectivity index (χ0) is 25.1. The molecule has 0 spiro atoms. The van der Waals surface area contributed by atoms with Gasteiger partial charge in [0.15, 0.2) is 0 Å². The highest BCUT2D eigenvalue weighted by Crippen LogP contribution is 2.31. The Kier molecular flexibility index (Phi) is 7.69. The second kappa shape index (κ2) is 10.2. The predicted octanol–water partition coefficient (Wildman–Crippen LogP) is 3.19. The first-order valence-corrected chi connectivity index (χ1v) is 12.0. The molecule has 0 radical (unpaired) electrons. The van der Waals surface area contributed by atoms with E-state index in [1.807, 2.05) is 6.92 Å².